The van der Waals surface area contributed by atoms with Crippen LogP contribution in [0.25, 0.3) is 0 Å². The molecule has 0 spiro atoms. The van der Waals surface area contributed by atoms with Gasteiger partial charge in [0.15, 0.2) is 5.78 Å². The van der Waals surface area contributed by atoms with Crippen LogP contribution >= 0.6 is 23.4 Å². The van der Waals surface area contributed by atoms with Crippen LogP contribution in [-0.4, -0.2) is 22.5 Å². The number of thioether (sulfide) groups is 1. The van der Waals surface area contributed by atoms with Crippen LogP contribution < -0.4 is 0 Å². The molecular formula is C21H17ClO4S. The van der Waals surface area contributed by atoms with Crippen LogP contribution in [0.5, 0.6) is 17.2 Å². The summed E-state index contributed by atoms with van der Waals surface area (Å²) in [7, 11) is 0. The molecule has 1 atom stereocenters. The highest BCUT2D eigenvalue weighted by Crippen LogP contribution is 2.43. The normalized spacial score (nSPS) is 12.3. The van der Waals surface area contributed by atoms with E-state index in [1.807, 2.05) is 0 Å². The topological polar surface area (TPSA) is 77.8 Å². The number of halogens is 1. The number of ketones is 1. The molecule has 0 aliphatic heterocycles. The molecule has 1 unspecified atom stereocenters. The molecule has 27 heavy (non-hydrogen) atoms. The van der Waals surface area contributed by atoms with Gasteiger partial charge in [-0.15, -0.1) is 11.8 Å². The second-order valence-electron chi connectivity index (χ2n) is 6.05. The zero-order valence-electron chi connectivity index (χ0n) is 15.3. The van der Waals surface area contributed by atoms with Crippen molar-refractivity contribution in [3.63, 3.8) is 0 Å². The van der Waals surface area contributed by atoms with Crippen molar-refractivity contribution >= 4 is 29.1 Å². The number of hydrogen-bond donors (Lipinski definition) is 3. The zero-order chi connectivity index (χ0) is 20.3. The molecule has 3 aromatic rings. The highest BCUT2D eigenvalue weighted by atomic mass is 35.5. The van der Waals surface area contributed by atoms with E-state index in [1.165, 1.54) is 23.9 Å². The summed E-state index contributed by atoms with van der Waals surface area (Å²) in [6.07, 6.45) is 0. The third-order valence-corrected chi connectivity index (χ3v) is 5.77. The molecule has 0 bridgehead atoms. The van der Waals surface area contributed by atoms with Crippen molar-refractivity contribution < 1.29 is 20.1 Å². The fraction of sp³-hybridized carbons (Fsp3) is 0.0952. The molecule has 3 rings (SSSR count). The summed E-state index contributed by atoms with van der Waals surface area (Å²) in [5.74, 6) is 0.272. The first-order valence-corrected chi connectivity index (χ1v) is 9.37. The fourth-order valence-corrected chi connectivity index (χ4v) is 3.95. The lowest BCUT2D eigenvalue weighted by Gasteiger charge is -2.18. The van der Waals surface area contributed by atoms with Crippen LogP contribution in [0.15, 0.2) is 65.6 Å². The summed E-state index contributed by atoms with van der Waals surface area (Å²) < 4.78 is 6.97. The van der Waals surface area contributed by atoms with Gasteiger partial charge in [0.05, 0.1) is 10.1 Å². The number of Topliss-reactive ketones (excluding diaryl/α,β-unsaturated/α-hetero) is 1. The molecule has 6 heteroatoms. The van der Waals surface area contributed by atoms with E-state index < -0.39 is 5.25 Å². The third-order valence-electron chi connectivity index (χ3n) is 4.06. The predicted molar refractivity (Wildman–Crippen MR) is 107 cm³/mol. The first kappa shape index (κ1) is 17.8. The first-order valence-electron chi connectivity index (χ1n) is 8.52. The maximum atomic E-state index is 13.2. The molecule has 0 radical (unpaired) electrons. The Morgan fingerprint density at radius 3 is 2.30 bits per heavy atom. The van der Waals surface area contributed by atoms with Gasteiger partial charge in [-0.1, -0.05) is 23.7 Å². The van der Waals surface area contributed by atoms with Crippen molar-refractivity contribution in [2.45, 2.75) is 17.1 Å². The predicted octanol–water partition coefficient (Wildman–Crippen LogP) is 5.48. The first-order chi connectivity index (χ1) is 13.4. The maximum absolute atomic E-state index is 13.2. The quantitative estimate of drug-likeness (QED) is 0.376. The van der Waals surface area contributed by atoms with Gasteiger partial charge in [-0.05, 0) is 66.6 Å². The summed E-state index contributed by atoms with van der Waals surface area (Å²) >= 11 is 7.37. The van der Waals surface area contributed by atoms with Crippen molar-refractivity contribution in [2.24, 2.45) is 0 Å². The lowest BCUT2D eigenvalue weighted by atomic mass is 10.0. The van der Waals surface area contributed by atoms with E-state index >= 15 is 0 Å². The Bertz CT molecular complexity index is 991. The van der Waals surface area contributed by atoms with Gasteiger partial charge in [0.25, 0.3) is 1.43 Å². The fourth-order valence-electron chi connectivity index (χ4n) is 2.56. The minimum atomic E-state index is -0.672. The number of rotatable bonds is 6. The van der Waals surface area contributed by atoms with Crippen molar-refractivity contribution in [3.8, 4) is 17.2 Å². The van der Waals surface area contributed by atoms with Crippen LogP contribution in [-0.2, 0) is 0 Å². The lowest BCUT2D eigenvalue weighted by Crippen LogP contribution is -2.10. The molecule has 0 aromatic heterocycles. The van der Waals surface area contributed by atoms with E-state index in [0.29, 0.717) is 26.8 Å². The molecule has 3 aromatic carbocycles. The highest BCUT2D eigenvalue weighted by Gasteiger charge is 2.25. The molecule has 138 valence electrons. The standard InChI is InChI=1S/C21H17ClO4S/c1-12-10-18(25)19(11-17(12)22)27-21(14-4-8-16(24)9-5-14)20(26)13-2-6-15(23)7-3-13/h2-11,21,23-25H,1H3/i/hT. The number of carbonyl (C=O) groups excluding carboxylic acids is 1. The number of hydrogen-bond acceptors (Lipinski definition) is 5. The zero-order valence-corrected chi connectivity index (χ0v) is 15.9. The number of carbonyl (C=O) groups is 1. The Labute approximate surface area is 167 Å². The van der Waals surface area contributed by atoms with E-state index in [1.54, 1.807) is 55.5 Å². The van der Waals surface area contributed by atoms with E-state index in [4.69, 9.17) is 13.0 Å². The second-order valence-corrected chi connectivity index (χ2v) is 7.60. The van der Waals surface area contributed by atoms with Gasteiger partial charge in [-0.2, -0.15) is 0 Å². The van der Waals surface area contributed by atoms with Gasteiger partial charge in [0.1, 0.15) is 17.2 Å². The Morgan fingerprint density at radius 1 is 1.04 bits per heavy atom. The average molecular weight is 403 g/mol. The molecular weight excluding hydrogens is 384 g/mol. The number of phenolic OH excluding ortho intramolecular Hbond substituents is 3. The van der Waals surface area contributed by atoms with Crippen LogP contribution in [0.3, 0.4) is 0 Å². The van der Waals surface area contributed by atoms with Crippen LogP contribution in [0.4, 0.5) is 0 Å². The van der Waals surface area contributed by atoms with E-state index in [-0.39, 0.29) is 17.3 Å². The van der Waals surface area contributed by atoms with Gasteiger partial charge >= 0.3 is 0 Å². The van der Waals surface area contributed by atoms with Gasteiger partial charge < -0.3 is 15.3 Å². The molecule has 0 amide bonds. The van der Waals surface area contributed by atoms with Crippen LogP contribution in [0.2, 0.25) is 5.02 Å². The van der Waals surface area contributed by atoms with Gasteiger partial charge in [-0.3, -0.25) is 4.79 Å². The molecule has 0 fully saturated rings. The summed E-state index contributed by atoms with van der Waals surface area (Å²) in [4.78, 5) is 13.7. The van der Waals surface area contributed by atoms with E-state index in [0.717, 1.165) is 5.56 Å². The minimum Gasteiger partial charge on any atom is -0.508 e. The summed E-state index contributed by atoms with van der Waals surface area (Å²) in [6, 6.07) is 15.8. The van der Waals surface area contributed by atoms with Crippen LogP contribution in [0.1, 0.15) is 26.7 Å². The Kier molecular flexibility index (Phi) is 5.23. The molecule has 0 heterocycles. The van der Waals surface area contributed by atoms with Crippen molar-refractivity contribution in [2.75, 3.05) is 0 Å². The maximum Gasteiger partial charge on any atom is 0.293 e. The molecule has 0 aliphatic rings. The summed E-state index contributed by atoms with van der Waals surface area (Å²) in [6.45, 7) is 1.79. The Hall–Kier alpha value is -2.63. The smallest absolute Gasteiger partial charge is 0.293 e. The van der Waals surface area contributed by atoms with Crippen LogP contribution in [0, 0.1) is 6.92 Å². The average Bonchev–Trinajstić information content (AvgIpc) is 2.70. The number of benzene rings is 3. The molecule has 3 N–H and O–H groups in total. The second kappa shape index (κ2) is 7.94. The van der Waals surface area contributed by atoms with E-state index in [9.17, 15) is 15.0 Å². The monoisotopic (exact) mass is 402 g/mol. The van der Waals surface area contributed by atoms with Crippen molar-refractivity contribution in [1.82, 2.24) is 0 Å². The summed E-state index contributed by atoms with van der Waals surface area (Å²) in [5.41, 5.74) is 1.84. The van der Waals surface area contributed by atoms with Crippen molar-refractivity contribution in [1.29, 1.82) is 1.43 Å². The molecule has 0 saturated heterocycles. The minimum absolute atomic E-state index is 0.0431. The third kappa shape index (κ3) is 4.38. The SMILES string of the molecule is [3H]Oc1ccc(C(Sc2cc(Cl)c(C)cc2O)C(=O)c2ccc(O)cc2)cc1. The van der Waals surface area contributed by atoms with Gasteiger partial charge in [0, 0.05) is 10.6 Å². The molecule has 0 saturated carbocycles. The summed E-state index contributed by atoms with van der Waals surface area (Å²) in [5, 5.41) is 24.1. The largest absolute Gasteiger partial charge is 0.508 e. The number of phenols is 3. The van der Waals surface area contributed by atoms with Gasteiger partial charge in [0.2, 0.25) is 0 Å². The Morgan fingerprint density at radius 2 is 1.67 bits per heavy atom. The highest BCUT2D eigenvalue weighted by molar-refractivity contribution is 8.00. The molecule has 0 aliphatic carbocycles. The number of aryl methyl sites for hydroxylation is 1. The lowest BCUT2D eigenvalue weighted by molar-refractivity contribution is 0.0989. The number of aromatic hydroxyl groups is 3. The Balaban J connectivity index is 2.02. The van der Waals surface area contributed by atoms with Crippen molar-refractivity contribution in [3.05, 3.63) is 82.4 Å². The molecule has 4 nitrogen and oxygen atoms in total. The van der Waals surface area contributed by atoms with E-state index in [2.05, 4.69) is 5.11 Å². The van der Waals surface area contributed by atoms with Gasteiger partial charge in [-0.25, -0.2) is 0 Å².